The van der Waals surface area contributed by atoms with Crippen LogP contribution < -0.4 is 4.72 Å². The summed E-state index contributed by atoms with van der Waals surface area (Å²) in [6, 6.07) is 21.3. The molecule has 0 saturated carbocycles. The maximum atomic E-state index is 12.8. The number of nitrogens with zero attached hydrogens (tertiary/aromatic N) is 2. The Kier molecular flexibility index (Phi) is 6.37. The molecule has 3 aromatic carbocycles. The zero-order chi connectivity index (χ0) is 24.1. The molecule has 0 saturated heterocycles. The summed E-state index contributed by atoms with van der Waals surface area (Å²) in [5.41, 5.74) is 0.737. The lowest BCUT2D eigenvalue weighted by Crippen LogP contribution is -2.16. The van der Waals surface area contributed by atoms with Crippen molar-refractivity contribution in [2.75, 3.05) is 4.72 Å². The van der Waals surface area contributed by atoms with Gasteiger partial charge in [-0.1, -0.05) is 53.7 Å². The fourth-order valence-corrected chi connectivity index (χ4v) is 4.17. The summed E-state index contributed by atoms with van der Waals surface area (Å²) < 4.78 is 38.4. The van der Waals surface area contributed by atoms with Crippen LogP contribution in [-0.4, -0.2) is 24.5 Å². The minimum Gasteiger partial charge on any atom is -0.455 e. The van der Waals surface area contributed by atoms with Crippen molar-refractivity contribution in [2.24, 2.45) is 0 Å². The molecule has 0 fully saturated rings. The molecule has 1 aromatic heterocycles. The number of non-ortho nitro benzene ring substituents is 1. The van der Waals surface area contributed by atoms with Crippen LogP contribution in [0, 0.1) is 10.1 Å². The van der Waals surface area contributed by atoms with Crippen LogP contribution in [0.15, 0.2) is 94.3 Å². The van der Waals surface area contributed by atoms with Crippen LogP contribution in [0.4, 0.5) is 11.4 Å². The molecule has 0 aliphatic heterocycles. The summed E-state index contributed by atoms with van der Waals surface area (Å²) >= 11 is 0. The molecule has 0 amide bonds. The number of aromatic nitrogens is 1. The molecule has 34 heavy (non-hydrogen) atoms. The summed E-state index contributed by atoms with van der Waals surface area (Å²) in [5.74, 6) is -0.279. The molecule has 1 heterocycles. The number of carbonyl (C=O) groups excluding carboxylic acids is 1. The number of nitro benzene ring substituents is 1. The number of esters is 1. The molecule has 0 radical (unpaired) electrons. The van der Waals surface area contributed by atoms with Crippen molar-refractivity contribution in [3.05, 3.63) is 106 Å². The number of hydrogen-bond donors (Lipinski definition) is 1. The van der Waals surface area contributed by atoms with Crippen molar-refractivity contribution in [1.82, 2.24) is 5.16 Å². The van der Waals surface area contributed by atoms with Crippen molar-refractivity contribution < 1.29 is 27.4 Å². The molecule has 11 heteroatoms. The molecule has 172 valence electrons. The average molecular weight is 479 g/mol. The Labute approximate surface area is 194 Å². The lowest BCUT2D eigenvalue weighted by atomic mass is 10.2. The number of hydrogen-bond acceptors (Lipinski definition) is 8. The molecular weight excluding hydrogens is 462 g/mol. The van der Waals surface area contributed by atoms with E-state index in [9.17, 15) is 23.3 Å². The Morgan fingerprint density at radius 3 is 2.50 bits per heavy atom. The first kappa shape index (κ1) is 22.7. The first-order valence-electron chi connectivity index (χ1n) is 9.88. The Balaban J connectivity index is 1.49. The second kappa shape index (κ2) is 9.55. The number of nitro groups is 1. The Morgan fingerprint density at radius 2 is 1.74 bits per heavy atom. The maximum absolute atomic E-state index is 12.8. The number of nitrogens with one attached hydrogen (secondary N) is 1. The van der Waals surface area contributed by atoms with E-state index in [0.29, 0.717) is 11.5 Å². The third kappa shape index (κ3) is 5.10. The SMILES string of the molecule is O=C(OCc1cc(-c2ccccc2)on1)c1ccccc1NS(=O)(=O)c1cccc([N+](=O)[O-])c1. The Morgan fingerprint density at radius 1 is 1.00 bits per heavy atom. The highest BCUT2D eigenvalue weighted by atomic mass is 32.2. The first-order valence-corrected chi connectivity index (χ1v) is 11.4. The van der Waals surface area contributed by atoms with Crippen LogP contribution in [0.25, 0.3) is 11.3 Å². The van der Waals surface area contributed by atoms with E-state index in [2.05, 4.69) is 9.88 Å². The number of sulfonamides is 1. The monoisotopic (exact) mass is 479 g/mol. The van der Waals surface area contributed by atoms with Gasteiger partial charge in [-0.25, -0.2) is 13.2 Å². The lowest BCUT2D eigenvalue weighted by Gasteiger charge is -2.12. The quantitative estimate of drug-likeness (QED) is 0.222. The summed E-state index contributed by atoms with van der Waals surface area (Å²) in [5, 5.41) is 14.9. The predicted octanol–water partition coefficient (Wildman–Crippen LogP) is 4.41. The highest BCUT2D eigenvalue weighted by molar-refractivity contribution is 7.92. The van der Waals surface area contributed by atoms with Gasteiger partial charge in [0.15, 0.2) is 5.76 Å². The van der Waals surface area contributed by atoms with E-state index in [1.54, 1.807) is 12.1 Å². The normalized spacial score (nSPS) is 11.1. The molecule has 0 aliphatic rings. The van der Waals surface area contributed by atoms with Gasteiger partial charge in [-0.05, 0) is 18.2 Å². The van der Waals surface area contributed by atoms with Gasteiger partial charge in [-0.15, -0.1) is 0 Å². The van der Waals surface area contributed by atoms with E-state index in [-0.39, 0.29) is 28.4 Å². The number of benzene rings is 3. The van der Waals surface area contributed by atoms with Gasteiger partial charge in [0.2, 0.25) is 0 Å². The van der Waals surface area contributed by atoms with Crippen LogP contribution in [0.5, 0.6) is 0 Å². The van der Waals surface area contributed by atoms with E-state index >= 15 is 0 Å². The number of anilines is 1. The number of rotatable bonds is 8. The largest absolute Gasteiger partial charge is 0.455 e. The van der Waals surface area contributed by atoms with Crippen LogP contribution >= 0.6 is 0 Å². The number of carbonyl (C=O) groups is 1. The molecule has 10 nitrogen and oxygen atoms in total. The summed E-state index contributed by atoms with van der Waals surface area (Å²) in [6.45, 7) is -0.193. The molecule has 0 unspecified atom stereocenters. The van der Waals surface area contributed by atoms with Gasteiger partial charge in [0.1, 0.15) is 12.3 Å². The van der Waals surface area contributed by atoms with Crippen molar-refractivity contribution in [1.29, 1.82) is 0 Å². The zero-order valence-electron chi connectivity index (χ0n) is 17.5. The van der Waals surface area contributed by atoms with Gasteiger partial charge in [-0.3, -0.25) is 14.8 Å². The van der Waals surface area contributed by atoms with E-state index in [1.807, 2.05) is 30.3 Å². The van der Waals surface area contributed by atoms with Crippen LogP contribution in [-0.2, 0) is 21.4 Å². The van der Waals surface area contributed by atoms with Gasteiger partial charge < -0.3 is 9.26 Å². The van der Waals surface area contributed by atoms with Crippen molar-refractivity contribution in [3.8, 4) is 11.3 Å². The summed E-state index contributed by atoms with van der Waals surface area (Å²) in [4.78, 5) is 22.6. The van der Waals surface area contributed by atoms with Gasteiger partial charge in [-0.2, -0.15) is 0 Å². The summed E-state index contributed by atoms with van der Waals surface area (Å²) in [6.07, 6.45) is 0. The zero-order valence-corrected chi connectivity index (χ0v) is 18.3. The smallest absolute Gasteiger partial charge is 0.340 e. The summed E-state index contributed by atoms with van der Waals surface area (Å²) in [7, 11) is -4.21. The topological polar surface area (TPSA) is 142 Å². The molecule has 4 aromatic rings. The fraction of sp³-hybridized carbons (Fsp3) is 0.0435. The van der Waals surface area contributed by atoms with Crippen LogP contribution in [0.3, 0.4) is 0 Å². The first-order chi connectivity index (χ1) is 16.3. The van der Waals surface area contributed by atoms with Crippen LogP contribution in [0.2, 0.25) is 0 Å². The Hall–Kier alpha value is -4.51. The van der Waals surface area contributed by atoms with Crippen molar-refractivity contribution >= 4 is 27.4 Å². The van der Waals surface area contributed by atoms with E-state index < -0.39 is 20.9 Å². The fourth-order valence-electron chi connectivity index (χ4n) is 3.05. The van der Waals surface area contributed by atoms with Gasteiger partial charge in [0.25, 0.3) is 15.7 Å². The van der Waals surface area contributed by atoms with Gasteiger partial charge in [0, 0.05) is 23.8 Å². The highest BCUT2D eigenvalue weighted by Gasteiger charge is 2.21. The minimum absolute atomic E-state index is 0.0378. The second-order valence-electron chi connectivity index (χ2n) is 7.03. The molecule has 0 atom stereocenters. The van der Waals surface area contributed by atoms with Gasteiger partial charge in [0.05, 0.1) is 21.1 Å². The molecule has 0 aliphatic carbocycles. The van der Waals surface area contributed by atoms with Crippen LogP contribution in [0.1, 0.15) is 16.1 Å². The third-order valence-corrected chi connectivity index (χ3v) is 6.06. The molecule has 1 N–H and O–H groups in total. The van der Waals surface area contributed by atoms with E-state index in [1.165, 1.54) is 36.4 Å². The van der Waals surface area contributed by atoms with Crippen molar-refractivity contribution in [3.63, 3.8) is 0 Å². The van der Waals surface area contributed by atoms with E-state index in [4.69, 9.17) is 9.26 Å². The lowest BCUT2D eigenvalue weighted by molar-refractivity contribution is -0.385. The second-order valence-corrected chi connectivity index (χ2v) is 8.71. The standard InChI is InChI=1S/C23H17N3O7S/c27-23(32-15-17-13-22(33-24-17)16-7-2-1-3-8-16)20-11-4-5-12-21(20)25-34(30,31)19-10-6-9-18(14-19)26(28)29/h1-14,25H,15H2. The third-order valence-electron chi connectivity index (χ3n) is 4.70. The minimum atomic E-state index is -4.21. The molecule has 4 rings (SSSR count). The Bertz CT molecular complexity index is 1450. The van der Waals surface area contributed by atoms with E-state index in [0.717, 1.165) is 11.6 Å². The molecule has 0 spiro atoms. The number of para-hydroxylation sites is 1. The molecule has 0 bridgehead atoms. The predicted molar refractivity (Wildman–Crippen MR) is 121 cm³/mol. The average Bonchev–Trinajstić information content (AvgIpc) is 3.32. The van der Waals surface area contributed by atoms with Gasteiger partial charge >= 0.3 is 5.97 Å². The molecular formula is C23H17N3O7S. The maximum Gasteiger partial charge on any atom is 0.340 e. The number of ether oxygens (including phenoxy) is 1. The highest BCUT2D eigenvalue weighted by Crippen LogP contribution is 2.24. The van der Waals surface area contributed by atoms with Crippen molar-refractivity contribution in [2.45, 2.75) is 11.5 Å².